The second-order valence-electron chi connectivity index (χ2n) is 4.78. The summed E-state index contributed by atoms with van der Waals surface area (Å²) in [6.07, 6.45) is 8.00. The van der Waals surface area contributed by atoms with Crippen LogP contribution in [0, 0.1) is 12.8 Å². The van der Waals surface area contributed by atoms with Crippen LogP contribution in [0.25, 0.3) is 0 Å². The van der Waals surface area contributed by atoms with Crippen LogP contribution in [-0.2, 0) is 6.54 Å². The van der Waals surface area contributed by atoms with E-state index >= 15 is 0 Å². The standard InChI is InChI=1S/C14H19NO3/c1-10-12(7-13(18-10)14(16)17)9-15-8-11-5-3-2-4-6-11/h2-3,7,11,15H,4-6,8-9H2,1H3,(H,16,17). The van der Waals surface area contributed by atoms with Gasteiger partial charge in [-0.25, -0.2) is 4.79 Å². The fourth-order valence-electron chi connectivity index (χ4n) is 2.25. The Morgan fingerprint density at radius 1 is 1.56 bits per heavy atom. The van der Waals surface area contributed by atoms with Crippen molar-refractivity contribution < 1.29 is 14.3 Å². The van der Waals surface area contributed by atoms with E-state index < -0.39 is 5.97 Å². The molecule has 4 heteroatoms. The van der Waals surface area contributed by atoms with Crippen molar-refractivity contribution in [1.82, 2.24) is 5.32 Å². The lowest BCUT2D eigenvalue weighted by Gasteiger charge is -2.17. The molecule has 98 valence electrons. The van der Waals surface area contributed by atoms with Crippen molar-refractivity contribution in [3.05, 3.63) is 35.3 Å². The van der Waals surface area contributed by atoms with Crippen molar-refractivity contribution in [2.75, 3.05) is 6.54 Å². The molecular formula is C14H19NO3. The molecule has 0 aromatic carbocycles. The summed E-state index contributed by atoms with van der Waals surface area (Å²) < 4.78 is 5.17. The molecule has 0 saturated heterocycles. The molecule has 1 aromatic heterocycles. The molecule has 18 heavy (non-hydrogen) atoms. The molecule has 2 rings (SSSR count). The van der Waals surface area contributed by atoms with Gasteiger partial charge in [0.25, 0.3) is 0 Å². The van der Waals surface area contributed by atoms with Crippen molar-refractivity contribution >= 4 is 5.97 Å². The Bertz CT molecular complexity index is 448. The van der Waals surface area contributed by atoms with Gasteiger partial charge in [-0.3, -0.25) is 0 Å². The minimum absolute atomic E-state index is 0.0184. The number of hydrogen-bond donors (Lipinski definition) is 2. The Kier molecular flexibility index (Phi) is 4.20. The third kappa shape index (κ3) is 3.23. The fourth-order valence-corrected chi connectivity index (χ4v) is 2.25. The lowest BCUT2D eigenvalue weighted by molar-refractivity contribution is 0.0661. The Labute approximate surface area is 107 Å². The second-order valence-corrected chi connectivity index (χ2v) is 4.78. The number of carboxylic acids is 1. The van der Waals surface area contributed by atoms with Crippen LogP contribution in [-0.4, -0.2) is 17.6 Å². The topological polar surface area (TPSA) is 62.5 Å². The smallest absolute Gasteiger partial charge is 0.371 e. The minimum atomic E-state index is -1.01. The highest BCUT2D eigenvalue weighted by Gasteiger charge is 2.14. The number of furan rings is 1. The molecule has 0 bridgehead atoms. The number of allylic oxidation sites excluding steroid dienone is 2. The van der Waals surface area contributed by atoms with Crippen LogP contribution in [0.15, 0.2) is 22.6 Å². The number of carboxylic acid groups (broad SMARTS) is 1. The van der Waals surface area contributed by atoms with E-state index in [4.69, 9.17) is 9.52 Å². The summed E-state index contributed by atoms with van der Waals surface area (Å²) in [5, 5.41) is 12.2. The first-order chi connectivity index (χ1) is 8.66. The third-order valence-corrected chi connectivity index (χ3v) is 3.36. The van der Waals surface area contributed by atoms with E-state index in [-0.39, 0.29) is 5.76 Å². The molecule has 0 amide bonds. The summed E-state index contributed by atoms with van der Waals surface area (Å²) in [6, 6.07) is 1.60. The lowest BCUT2D eigenvalue weighted by Crippen LogP contribution is -2.23. The van der Waals surface area contributed by atoms with Crippen LogP contribution in [0.3, 0.4) is 0 Å². The van der Waals surface area contributed by atoms with Crippen molar-refractivity contribution in [3.63, 3.8) is 0 Å². The summed E-state index contributed by atoms with van der Waals surface area (Å²) in [6.45, 7) is 3.44. The van der Waals surface area contributed by atoms with Crippen LogP contribution >= 0.6 is 0 Å². The van der Waals surface area contributed by atoms with Crippen molar-refractivity contribution in [2.24, 2.45) is 5.92 Å². The minimum Gasteiger partial charge on any atom is -0.475 e. The van der Waals surface area contributed by atoms with E-state index in [1.807, 2.05) is 0 Å². The highest BCUT2D eigenvalue weighted by atomic mass is 16.4. The monoisotopic (exact) mass is 249 g/mol. The van der Waals surface area contributed by atoms with Gasteiger partial charge in [-0.1, -0.05) is 12.2 Å². The van der Waals surface area contributed by atoms with Crippen LogP contribution < -0.4 is 5.32 Å². The molecule has 1 aliphatic rings. The maximum atomic E-state index is 10.8. The summed E-state index contributed by atoms with van der Waals surface area (Å²) in [7, 11) is 0. The molecule has 0 fully saturated rings. The number of nitrogens with one attached hydrogen (secondary N) is 1. The lowest BCUT2D eigenvalue weighted by atomic mass is 9.94. The summed E-state index contributed by atoms with van der Waals surface area (Å²) in [5.74, 6) is 0.385. The third-order valence-electron chi connectivity index (χ3n) is 3.36. The van der Waals surface area contributed by atoms with Crippen molar-refractivity contribution in [2.45, 2.75) is 32.7 Å². The Balaban J connectivity index is 1.82. The molecular weight excluding hydrogens is 230 g/mol. The van der Waals surface area contributed by atoms with E-state index in [0.717, 1.165) is 18.5 Å². The van der Waals surface area contributed by atoms with Gasteiger partial charge in [0.2, 0.25) is 5.76 Å². The molecule has 1 atom stereocenters. The van der Waals surface area contributed by atoms with Gasteiger partial charge < -0.3 is 14.8 Å². The molecule has 0 spiro atoms. The molecule has 1 aromatic rings. The van der Waals surface area contributed by atoms with Gasteiger partial charge in [-0.2, -0.15) is 0 Å². The average molecular weight is 249 g/mol. The summed E-state index contributed by atoms with van der Waals surface area (Å²) in [4.78, 5) is 10.8. The van der Waals surface area contributed by atoms with Crippen molar-refractivity contribution in [3.8, 4) is 0 Å². The number of aromatic carboxylic acids is 1. The highest BCUT2D eigenvalue weighted by Crippen LogP contribution is 2.18. The van der Waals surface area contributed by atoms with Crippen LogP contribution in [0.1, 0.15) is 41.1 Å². The largest absolute Gasteiger partial charge is 0.475 e. The van der Waals surface area contributed by atoms with Crippen LogP contribution in [0.2, 0.25) is 0 Å². The first kappa shape index (κ1) is 12.9. The molecule has 2 N–H and O–H groups in total. The van der Waals surface area contributed by atoms with E-state index in [9.17, 15) is 4.79 Å². The first-order valence-corrected chi connectivity index (χ1v) is 6.35. The van der Waals surface area contributed by atoms with Crippen LogP contribution in [0.5, 0.6) is 0 Å². The van der Waals surface area contributed by atoms with E-state index in [1.165, 1.54) is 12.8 Å². The average Bonchev–Trinajstić information content (AvgIpc) is 2.73. The van der Waals surface area contributed by atoms with Gasteiger partial charge in [0.1, 0.15) is 5.76 Å². The van der Waals surface area contributed by atoms with Gasteiger partial charge >= 0.3 is 5.97 Å². The zero-order valence-electron chi connectivity index (χ0n) is 10.6. The molecule has 1 aliphatic carbocycles. The number of carbonyl (C=O) groups is 1. The Hall–Kier alpha value is -1.55. The van der Waals surface area contributed by atoms with Gasteiger partial charge in [0.15, 0.2) is 0 Å². The zero-order valence-corrected chi connectivity index (χ0v) is 10.6. The van der Waals surface area contributed by atoms with E-state index in [2.05, 4.69) is 17.5 Å². The molecule has 1 unspecified atom stereocenters. The molecule has 4 nitrogen and oxygen atoms in total. The van der Waals surface area contributed by atoms with Gasteiger partial charge in [0, 0.05) is 12.1 Å². The van der Waals surface area contributed by atoms with E-state index in [0.29, 0.717) is 18.2 Å². The quantitative estimate of drug-likeness (QED) is 0.788. The molecule has 0 saturated carbocycles. The number of hydrogen-bond acceptors (Lipinski definition) is 3. The van der Waals surface area contributed by atoms with Gasteiger partial charge in [-0.05, 0) is 44.7 Å². The summed E-state index contributed by atoms with van der Waals surface area (Å²) in [5.41, 5.74) is 0.929. The predicted molar refractivity (Wildman–Crippen MR) is 68.6 cm³/mol. The van der Waals surface area contributed by atoms with Crippen molar-refractivity contribution in [1.29, 1.82) is 0 Å². The first-order valence-electron chi connectivity index (χ1n) is 6.35. The van der Waals surface area contributed by atoms with Gasteiger partial charge in [0.05, 0.1) is 0 Å². The van der Waals surface area contributed by atoms with Crippen LogP contribution in [0.4, 0.5) is 0 Å². The SMILES string of the molecule is Cc1oc(C(=O)O)cc1CNCC1CC=CCC1. The molecule has 1 heterocycles. The summed E-state index contributed by atoms with van der Waals surface area (Å²) >= 11 is 0. The normalized spacial score (nSPS) is 19.1. The Morgan fingerprint density at radius 3 is 3.00 bits per heavy atom. The second kappa shape index (κ2) is 5.87. The maximum Gasteiger partial charge on any atom is 0.371 e. The number of rotatable bonds is 5. The highest BCUT2D eigenvalue weighted by molar-refractivity contribution is 5.84. The predicted octanol–water partition coefficient (Wildman–Crippen LogP) is 2.73. The molecule has 0 aliphatic heterocycles. The van der Waals surface area contributed by atoms with Gasteiger partial charge in [-0.15, -0.1) is 0 Å². The number of aryl methyl sites for hydroxylation is 1. The van der Waals surface area contributed by atoms with E-state index in [1.54, 1.807) is 13.0 Å². The zero-order chi connectivity index (χ0) is 13.0. The Morgan fingerprint density at radius 2 is 2.39 bits per heavy atom. The fraction of sp³-hybridized carbons (Fsp3) is 0.500. The molecule has 0 radical (unpaired) electrons. The maximum absolute atomic E-state index is 10.8.